The fraction of sp³-hybridized carbons (Fsp3) is 0.133. The molecular weight excluding hydrogens is 228 g/mol. The van der Waals surface area contributed by atoms with E-state index in [9.17, 15) is 4.79 Å². The van der Waals surface area contributed by atoms with Crippen LogP contribution in [0, 0.1) is 6.92 Å². The lowest BCUT2D eigenvalue weighted by atomic mass is 10.1. The number of rotatable bonds is 4. The van der Waals surface area contributed by atoms with Crippen molar-refractivity contribution in [3.63, 3.8) is 0 Å². The van der Waals surface area contributed by atoms with Gasteiger partial charge in [-0.2, -0.15) is 0 Å². The molecule has 0 fully saturated rings. The van der Waals surface area contributed by atoms with E-state index in [-0.39, 0.29) is 5.78 Å². The Kier molecular flexibility index (Phi) is 3.63. The Morgan fingerprint density at radius 3 is 2.44 bits per heavy atom. The molecule has 0 unspecified atom stereocenters. The van der Waals surface area contributed by atoms with E-state index < -0.39 is 0 Å². The molecule has 0 atom stereocenters. The average Bonchev–Trinajstić information content (AvgIpc) is 2.82. The van der Waals surface area contributed by atoms with E-state index in [1.807, 2.05) is 19.1 Å². The van der Waals surface area contributed by atoms with Crippen LogP contribution in [0.2, 0.25) is 0 Å². The van der Waals surface area contributed by atoms with Crippen LogP contribution in [0.25, 0.3) is 6.08 Å². The fourth-order valence-corrected chi connectivity index (χ4v) is 1.55. The van der Waals surface area contributed by atoms with Crippen molar-refractivity contribution in [1.29, 1.82) is 0 Å². The van der Waals surface area contributed by atoms with Gasteiger partial charge in [-0.05, 0) is 55.5 Å². The van der Waals surface area contributed by atoms with Gasteiger partial charge in [-0.3, -0.25) is 4.79 Å². The van der Waals surface area contributed by atoms with E-state index in [0.29, 0.717) is 11.3 Å². The van der Waals surface area contributed by atoms with Crippen LogP contribution in [0.3, 0.4) is 0 Å². The van der Waals surface area contributed by atoms with E-state index >= 15 is 0 Å². The summed E-state index contributed by atoms with van der Waals surface area (Å²) < 4.78 is 10.4. The van der Waals surface area contributed by atoms with Gasteiger partial charge in [-0.1, -0.05) is 0 Å². The van der Waals surface area contributed by atoms with Gasteiger partial charge < -0.3 is 9.15 Å². The number of carbonyl (C=O) groups is 1. The summed E-state index contributed by atoms with van der Waals surface area (Å²) in [6, 6.07) is 10.7. The summed E-state index contributed by atoms with van der Waals surface area (Å²) in [6.45, 7) is 1.86. The maximum Gasteiger partial charge on any atom is 0.185 e. The van der Waals surface area contributed by atoms with Crippen molar-refractivity contribution in [2.45, 2.75) is 6.92 Å². The van der Waals surface area contributed by atoms with E-state index in [0.717, 1.165) is 11.5 Å². The summed E-state index contributed by atoms with van der Waals surface area (Å²) in [4.78, 5) is 11.9. The second-order valence-electron chi connectivity index (χ2n) is 3.87. The predicted molar refractivity (Wildman–Crippen MR) is 69.8 cm³/mol. The van der Waals surface area contributed by atoms with E-state index in [4.69, 9.17) is 9.15 Å². The van der Waals surface area contributed by atoms with Crippen molar-refractivity contribution in [2.75, 3.05) is 7.11 Å². The largest absolute Gasteiger partial charge is 0.497 e. The Morgan fingerprint density at radius 1 is 1.17 bits per heavy atom. The first-order chi connectivity index (χ1) is 8.69. The standard InChI is InChI=1S/C15H14O3/c1-11-3-6-14(18-11)9-10-15(16)12-4-7-13(17-2)8-5-12/h3-10H,1-2H3. The quantitative estimate of drug-likeness (QED) is 0.608. The molecule has 1 aromatic heterocycles. The first-order valence-electron chi connectivity index (χ1n) is 5.62. The number of allylic oxidation sites excluding steroid dienone is 1. The lowest BCUT2D eigenvalue weighted by Crippen LogP contribution is -1.93. The third kappa shape index (κ3) is 2.88. The van der Waals surface area contributed by atoms with Crippen molar-refractivity contribution >= 4 is 11.9 Å². The lowest BCUT2D eigenvalue weighted by Gasteiger charge is -1.99. The molecule has 0 radical (unpaired) electrons. The number of hydrogen-bond acceptors (Lipinski definition) is 3. The smallest absolute Gasteiger partial charge is 0.185 e. The summed E-state index contributed by atoms with van der Waals surface area (Å²) in [5, 5.41) is 0. The molecule has 3 heteroatoms. The number of aryl methyl sites for hydroxylation is 1. The molecule has 0 aliphatic rings. The van der Waals surface area contributed by atoms with Gasteiger partial charge in [0.25, 0.3) is 0 Å². The van der Waals surface area contributed by atoms with Gasteiger partial charge in [0.1, 0.15) is 17.3 Å². The van der Waals surface area contributed by atoms with Gasteiger partial charge in [0.15, 0.2) is 5.78 Å². The predicted octanol–water partition coefficient (Wildman–Crippen LogP) is 3.49. The van der Waals surface area contributed by atoms with Crippen molar-refractivity contribution in [3.8, 4) is 5.75 Å². The van der Waals surface area contributed by atoms with E-state index in [1.165, 1.54) is 6.08 Å². The second kappa shape index (κ2) is 5.36. The molecule has 0 amide bonds. The van der Waals surface area contributed by atoms with Gasteiger partial charge in [0, 0.05) is 5.56 Å². The van der Waals surface area contributed by atoms with Crippen LogP contribution in [-0.4, -0.2) is 12.9 Å². The zero-order chi connectivity index (χ0) is 13.0. The number of hydrogen-bond donors (Lipinski definition) is 0. The number of ether oxygens (including phenoxy) is 1. The normalized spacial score (nSPS) is 10.8. The third-order valence-electron chi connectivity index (χ3n) is 2.53. The maximum absolute atomic E-state index is 11.9. The van der Waals surface area contributed by atoms with Gasteiger partial charge in [-0.15, -0.1) is 0 Å². The molecule has 2 aromatic rings. The Bertz CT molecular complexity index is 562. The molecule has 1 aromatic carbocycles. The molecule has 0 bridgehead atoms. The van der Waals surface area contributed by atoms with Gasteiger partial charge in [0.05, 0.1) is 7.11 Å². The summed E-state index contributed by atoms with van der Waals surface area (Å²) in [6.07, 6.45) is 3.17. The molecule has 0 spiro atoms. The highest BCUT2D eigenvalue weighted by molar-refractivity contribution is 6.06. The molecular formula is C15H14O3. The zero-order valence-electron chi connectivity index (χ0n) is 10.3. The molecule has 92 valence electrons. The van der Waals surface area contributed by atoms with Crippen LogP contribution in [0.15, 0.2) is 46.9 Å². The molecule has 18 heavy (non-hydrogen) atoms. The van der Waals surface area contributed by atoms with Crippen LogP contribution in [-0.2, 0) is 0 Å². The molecule has 1 heterocycles. The number of furan rings is 1. The Balaban J connectivity index is 2.09. The highest BCUT2D eigenvalue weighted by Crippen LogP contribution is 2.13. The highest BCUT2D eigenvalue weighted by atomic mass is 16.5. The van der Waals surface area contributed by atoms with Gasteiger partial charge in [0.2, 0.25) is 0 Å². The van der Waals surface area contributed by atoms with Crippen molar-refractivity contribution in [2.24, 2.45) is 0 Å². The van der Waals surface area contributed by atoms with Gasteiger partial charge in [-0.25, -0.2) is 0 Å². The topological polar surface area (TPSA) is 39.4 Å². The first-order valence-corrected chi connectivity index (χ1v) is 5.62. The minimum Gasteiger partial charge on any atom is -0.497 e. The van der Waals surface area contributed by atoms with Gasteiger partial charge >= 0.3 is 0 Å². The summed E-state index contributed by atoms with van der Waals surface area (Å²) in [5.74, 6) is 2.17. The molecule has 3 nitrogen and oxygen atoms in total. The maximum atomic E-state index is 11.9. The number of benzene rings is 1. The molecule has 0 saturated heterocycles. The molecule has 0 saturated carbocycles. The average molecular weight is 242 g/mol. The highest BCUT2D eigenvalue weighted by Gasteiger charge is 2.02. The molecule has 0 aliphatic carbocycles. The number of ketones is 1. The number of carbonyl (C=O) groups excluding carboxylic acids is 1. The molecule has 0 N–H and O–H groups in total. The Morgan fingerprint density at radius 2 is 1.89 bits per heavy atom. The molecule has 0 aliphatic heterocycles. The van der Waals surface area contributed by atoms with Crippen LogP contribution in [0.1, 0.15) is 21.9 Å². The fourth-order valence-electron chi connectivity index (χ4n) is 1.55. The van der Waals surface area contributed by atoms with Crippen LogP contribution in [0.4, 0.5) is 0 Å². The van der Waals surface area contributed by atoms with Crippen LogP contribution in [0.5, 0.6) is 5.75 Å². The molecule has 2 rings (SSSR count). The van der Waals surface area contributed by atoms with Crippen LogP contribution < -0.4 is 4.74 Å². The van der Waals surface area contributed by atoms with Crippen molar-refractivity contribution < 1.29 is 13.9 Å². The van der Waals surface area contributed by atoms with Crippen LogP contribution >= 0.6 is 0 Å². The third-order valence-corrected chi connectivity index (χ3v) is 2.53. The van der Waals surface area contributed by atoms with Crippen molar-refractivity contribution in [1.82, 2.24) is 0 Å². The minimum absolute atomic E-state index is 0.0632. The SMILES string of the molecule is COc1ccc(C(=O)C=Cc2ccc(C)o2)cc1. The Labute approximate surface area is 106 Å². The van der Waals surface area contributed by atoms with E-state index in [2.05, 4.69) is 0 Å². The van der Waals surface area contributed by atoms with E-state index in [1.54, 1.807) is 37.5 Å². The monoisotopic (exact) mass is 242 g/mol. The summed E-state index contributed by atoms with van der Waals surface area (Å²) >= 11 is 0. The first kappa shape index (κ1) is 12.2. The number of methoxy groups -OCH3 is 1. The minimum atomic E-state index is -0.0632. The second-order valence-corrected chi connectivity index (χ2v) is 3.87. The van der Waals surface area contributed by atoms with Crippen molar-refractivity contribution in [3.05, 3.63) is 59.6 Å². The summed E-state index contributed by atoms with van der Waals surface area (Å²) in [5.41, 5.74) is 0.621. The zero-order valence-corrected chi connectivity index (χ0v) is 10.3. The Hall–Kier alpha value is -2.29. The summed E-state index contributed by atoms with van der Waals surface area (Å²) in [7, 11) is 1.59. The lowest BCUT2D eigenvalue weighted by molar-refractivity contribution is 0.104.